The summed E-state index contributed by atoms with van der Waals surface area (Å²) in [6.07, 6.45) is 2.88. The van der Waals surface area contributed by atoms with Crippen molar-refractivity contribution in [3.8, 4) is 0 Å². The number of sulfone groups is 1. The fourth-order valence-electron chi connectivity index (χ4n) is 3.83. The molecule has 0 radical (unpaired) electrons. The number of likely N-dealkylation sites (tertiary alicyclic amines) is 1. The van der Waals surface area contributed by atoms with Crippen LogP contribution in [0.2, 0.25) is 0 Å². The van der Waals surface area contributed by atoms with Crippen molar-refractivity contribution >= 4 is 33.4 Å². The quantitative estimate of drug-likeness (QED) is 0.586. The Bertz CT molecular complexity index is 1290. The Morgan fingerprint density at radius 2 is 1.55 bits per heavy atom. The number of piperidine rings is 1. The standard InChI is InChI=1S/C26H24N2O4S/c1-33(31,32)23-14-12-19(13-15-23)16-21-17-28(26(30)27-22-10-6-3-7-11-22)18-24(25(21)29)20-8-4-2-5-9-20/h2-16,24H,17-18H2,1H3,(H,27,30)/b21-16+. The summed E-state index contributed by atoms with van der Waals surface area (Å²) in [5, 5.41) is 2.89. The highest BCUT2D eigenvalue weighted by Crippen LogP contribution is 2.29. The van der Waals surface area contributed by atoms with E-state index in [2.05, 4.69) is 5.32 Å². The first-order valence-corrected chi connectivity index (χ1v) is 12.4. The van der Waals surface area contributed by atoms with Crippen molar-refractivity contribution in [3.05, 3.63) is 102 Å². The van der Waals surface area contributed by atoms with E-state index in [4.69, 9.17) is 0 Å². The number of carbonyl (C=O) groups excluding carboxylic acids is 2. The predicted molar refractivity (Wildman–Crippen MR) is 129 cm³/mol. The van der Waals surface area contributed by atoms with Crippen molar-refractivity contribution in [2.45, 2.75) is 10.8 Å². The summed E-state index contributed by atoms with van der Waals surface area (Å²) >= 11 is 0. The van der Waals surface area contributed by atoms with Gasteiger partial charge in [0.15, 0.2) is 15.6 Å². The van der Waals surface area contributed by atoms with Gasteiger partial charge in [-0.3, -0.25) is 4.79 Å². The molecule has 0 bridgehead atoms. The minimum atomic E-state index is -3.31. The van der Waals surface area contributed by atoms with E-state index >= 15 is 0 Å². The zero-order valence-electron chi connectivity index (χ0n) is 18.1. The number of anilines is 1. The average Bonchev–Trinajstić information content (AvgIpc) is 2.81. The molecular weight excluding hydrogens is 436 g/mol. The number of rotatable bonds is 4. The van der Waals surface area contributed by atoms with Gasteiger partial charge in [0.05, 0.1) is 17.4 Å². The maximum atomic E-state index is 13.4. The lowest BCUT2D eigenvalue weighted by Crippen LogP contribution is -2.46. The summed E-state index contributed by atoms with van der Waals surface area (Å²) in [7, 11) is -3.31. The van der Waals surface area contributed by atoms with Gasteiger partial charge in [-0.1, -0.05) is 60.7 Å². The Balaban J connectivity index is 1.65. The first kappa shape index (κ1) is 22.5. The molecule has 1 saturated heterocycles. The second-order valence-electron chi connectivity index (χ2n) is 8.01. The second kappa shape index (κ2) is 9.42. The van der Waals surface area contributed by atoms with Gasteiger partial charge in [-0.25, -0.2) is 13.2 Å². The Hall–Kier alpha value is -3.71. The average molecular weight is 461 g/mol. The van der Waals surface area contributed by atoms with Crippen LogP contribution in [0, 0.1) is 0 Å². The summed E-state index contributed by atoms with van der Waals surface area (Å²) in [5.74, 6) is -0.528. The molecule has 3 aromatic rings. The van der Waals surface area contributed by atoms with Gasteiger partial charge in [-0.15, -0.1) is 0 Å². The van der Waals surface area contributed by atoms with Crippen LogP contribution < -0.4 is 5.32 Å². The molecule has 4 rings (SSSR count). The number of urea groups is 1. The van der Waals surface area contributed by atoms with Crippen LogP contribution in [0.25, 0.3) is 6.08 Å². The maximum absolute atomic E-state index is 13.4. The van der Waals surface area contributed by atoms with E-state index in [1.807, 2.05) is 60.7 Å². The van der Waals surface area contributed by atoms with Crippen LogP contribution in [0.3, 0.4) is 0 Å². The third-order valence-corrected chi connectivity index (χ3v) is 6.69. The van der Waals surface area contributed by atoms with Gasteiger partial charge < -0.3 is 10.2 Å². The number of hydrogen-bond donors (Lipinski definition) is 1. The molecule has 3 aromatic carbocycles. The Morgan fingerprint density at radius 1 is 0.939 bits per heavy atom. The van der Waals surface area contributed by atoms with Crippen LogP contribution in [-0.2, 0) is 14.6 Å². The molecule has 1 N–H and O–H groups in total. The molecule has 0 aliphatic carbocycles. The zero-order chi connectivity index (χ0) is 23.4. The maximum Gasteiger partial charge on any atom is 0.322 e. The van der Waals surface area contributed by atoms with Crippen LogP contribution in [0.5, 0.6) is 0 Å². The lowest BCUT2D eigenvalue weighted by molar-refractivity contribution is -0.118. The number of ketones is 1. The van der Waals surface area contributed by atoms with Gasteiger partial charge in [-0.05, 0) is 41.5 Å². The highest BCUT2D eigenvalue weighted by atomic mass is 32.2. The first-order chi connectivity index (χ1) is 15.8. The smallest absolute Gasteiger partial charge is 0.319 e. The number of benzene rings is 3. The number of nitrogens with one attached hydrogen (secondary N) is 1. The number of Topliss-reactive ketones (excluding diaryl/α,β-unsaturated/α-hetero) is 1. The third-order valence-electron chi connectivity index (χ3n) is 5.56. The van der Waals surface area contributed by atoms with Crippen LogP contribution in [0.4, 0.5) is 10.5 Å². The SMILES string of the molecule is CS(=O)(=O)c1ccc(/C=C2\CN(C(=O)Nc3ccccc3)CC(c3ccccc3)C2=O)cc1. The molecule has 0 aromatic heterocycles. The van der Waals surface area contributed by atoms with E-state index in [0.29, 0.717) is 16.8 Å². The van der Waals surface area contributed by atoms with E-state index in [0.717, 1.165) is 11.8 Å². The molecule has 7 heteroatoms. The molecule has 0 saturated carbocycles. The molecule has 2 amide bonds. The number of hydrogen-bond acceptors (Lipinski definition) is 4. The molecule has 1 aliphatic rings. The van der Waals surface area contributed by atoms with E-state index in [9.17, 15) is 18.0 Å². The van der Waals surface area contributed by atoms with Crippen molar-refractivity contribution in [1.29, 1.82) is 0 Å². The van der Waals surface area contributed by atoms with Crippen molar-refractivity contribution < 1.29 is 18.0 Å². The normalized spacial score (nSPS) is 17.7. The minimum Gasteiger partial charge on any atom is -0.319 e. The molecule has 0 spiro atoms. The first-order valence-electron chi connectivity index (χ1n) is 10.5. The lowest BCUT2D eigenvalue weighted by Gasteiger charge is -2.33. The molecule has 1 unspecified atom stereocenters. The van der Waals surface area contributed by atoms with E-state index in [-0.39, 0.29) is 29.8 Å². The molecule has 1 fully saturated rings. The fraction of sp³-hybridized carbons (Fsp3) is 0.154. The number of carbonyl (C=O) groups is 2. The Kier molecular flexibility index (Phi) is 6.42. The summed E-state index contributed by atoms with van der Waals surface area (Å²) in [6, 6.07) is 24.7. The highest BCUT2D eigenvalue weighted by Gasteiger charge is 2.34. The lowest BCUT2D eigenvalue weighted by atomic mass is 9.86. The molecule has 33 heavy (non-hydrogen) atoms. The zero-order valence-corrected chi connectivity index (χ0v) is 19.0. The molecular formula is C26H24N2O4S. The topological polar surface area (TPSA) is 83.6 Å². The van der Waals surface area contributed by atoms with Gasteiger partial charge in [0.1, 0.15) is 0 Å². The van der Waals surface area contributed by atoms with Gasteiger partial charge in [0.25, 0.3) is 0 Å². The fourth-order valence-corrected chi connectivity index (χ4v) is 4.46. The molecule has 1 heterocycles. The summed E-state index contributed by atoms with van der Waals surface area (Å²) in [5.41, 5.74) is 2.71. The summed E-state index contributed by atoms with van der Waals surface area (Å²) in [4.78, 5) is 28.2. The van der Waals surface area contributed by atoms with E-state index in [1.165, 1.54) is 12.1 Å². The minimum absolute atomic E-state index is 0.0443. The van der Waals surface area contributed by atoms with E-state index in [1.54, 1.807) is 23.1 Å². The summed E-state index contributed by atoms with van der Waals surface area (Å²) < 4.78 is 23.5. The summed E-state index contributed by atoms with van der Waals surface area (Å²) in [6.45, 7) is 0.431. The molecule has 1 aliphatic heterocycles. The van der Waals surface area contributed by atoms with Gasteiger partial charge in [0, 0.05) is 24.1 Å². The number of amides is 2. The highest BCUT2D eigenvalue weighted by molar-refractivity contribution is 7.90. The molecule has 6 nitrogen and oxygen atoms in total. The number of para-hydroxylation sites is 1. The van der Waals surface area contributed by atoms with Crippen LogP contribution in [0.1, 0.15) is 17.0 Å². The molecule has 168 valence electrons. The van der Waals surface area contributed by atoms with Crippen molar-refractivity contribution in [1.82, 2.24) is 4.90 Å². The second-order valence-corrected chi connectivity index (χ2v) is 10.0. The van der Waals surface area contributed by atoms with Crippen LogP contribution in [-0.4, -0.2) is 44.5 Å². The van der Waals surface area contributed by atoms with Crippen molar-refractivity contribution in [2.75, 3.05) is 24.7 Å². The van der Waals surface area contributed by atoms with E-state index < -0.39 is 15.8 Å². The van der Waals surface area contributed by atoms with Crippen molar-refractivity contribution in [2.24, 2.45) is 0 Å². The van der Waals surface area contributed by atoms with Crippen LogP contribution in [0.15, 0.2) is 95.4 Å². The monoisotopic (exact) mass is 460 g/mol. The van der Waals surface area contributed by atoms with Gasteiger partial charge in [-0.2, -0.15) is 0 Å². The Labute approximate surface area is 193 Å². The molecule has 1 atom stereocenters. The van der Waals surface area contributed by atoms with Gasteiger partial charge >= 0.3 is 6.03 Å². The van der Waals surface area contributed by atoms with Crippen molar-refractivity contribution in [3.63, 3.8) is 0 Å². The number of nitrogens with zero attached hydrogens (tertiary/aromatic N) is 1. The largest absolute Gasteiger partial charge is 0.322 e. The predicted octanol–water partition coefficient (Wildman–Crippen LogP) is 4.37. The van der Waals surface area contributed by atoms with Crippen LogP contribution >= 0.6 is 0 Å². The Morgan fingerprint density at radius 3 is 2.15 bits per heavy atom. The third kappa shape index (κ3) is 5.38. The van der Waals surface area contributed by atoms with Gasteiger partial charge in [0.2, 0.25) is 0 Å².